The summed E-state index contributed by atoms with van der Waals surface area (Å²) in [5.74, 6) is 0. The molecule has 0 saturated carbocycles. The van der Waals surface area contributed by atoms with Crippen molar-refractivity contribution in [3.8, 4) is 0 Å². The molecule has 0 atom stereocenters. The van der Waals surface area contributed by atoms with Crippen LogP contribution in [0.5, 0.6) is 0 Å². The van der Waals surface area contributed by atoms with Crippen LogP contribution < -0.4 is 4.35 Å². The summed E-state index contributed by atoms with van der Waals surface area (Å²) in [5.41, 5.74) is 1.54. The van der Waals surface area contributed by atoms with Gasteiger partial charge in [-0.2, -0.15) is 0 Å². The molecule has 12 heavy (non-hydrogen) atoms. The number of benzene rings is 1. The molecule has 0 saturated heterocycles. The van der Waals surface area contributed by atoms with Gasteiger partial charge in [0.05, 0.1) is 0 Å². The molecule has 0 amide bonds. The van der Waals surface area contributed by atoms with Gasteiger partial charge < -0.3 is 0 Å². The van der Waals surface area contributed by atoms with E-state index in [1.54, 1.807) is 19.1 Å². The van der Waals surface area contributed by atoms with Gasteiger partial charge in [0, 0.05) is 0 Å². The second-order valence-electron chi connectivity index (χ2n) is 2.83. The molecule has 0 spiro atoms. The monoisotopic (exact) mass is 230 g/mol. The van der Waals surface area contributed by atoms with Crippen molar-refractivity contribution in [2.24, 2.45) is 0 Å². The minimum atomic E-state index is -4.69. The van der Waals surface area contributed by atoms with Crippen molar-refractivity contribution in [3.05, 3.63) is 29.3 Å². The SMILES string of the molecule is Cc1ccc(C)c([As](=O)(O)O)c1. The quantitative estimate of drug-likeness (QED) is 0.660. The van der Waals surface area contributed by atoms with Crippen LogP contribution in [-0.4, -0.2) is 22.4 Å². The Balaban J connectivity index is 3.33. The van der Waals surface area contributed by atoms with E-state index in [-0.39, 0.29) is 4.35 Å². The fraction of sp³-hybridized carbons (Fsp3) is 0.250. The Kier molecular flexibility index (Phi) is 2.47. The van der Waals surface area contributed by atoms with Gasteiger partial charge in [-0.15, -0.1) is 0 Å². The van der Waals surface area contributed by atoms with E-state index in [0.717, 1.165) is 5.56 Å². The maximum absolute atomic E-state index is 11.0. The average Bonchev–Trinajstić information content (AvgIpc) is 1.92. The molecule has 0 aromatic heterocycles. The molecule has 0 aliphatic rings. The fourth-order valence-electron chi connectivity index (χ4n) is 1.03. The number of hydrogen-bond acceptors (Lipinski definition) is 1. The molecular weight excluding hydrogens is 219 g/mol. The third kappa shape index (κ3) is 2.00. The molecule has 0 aliphatic carbocycles. The summed E-state index contributed by atoms with van der Waals surface area (Å²) in [6.07, 6.45) is 0. The molecule has 3 nitrogen and oxygen atoms in total. The van der Waals surface area contributed by atoms with Crippen LogP contribution in [0.1, 0.15) is 11.1 Å². The Morgan fingerprint density at radius 3 is 2.25 bits per heavy atom. The standard InChI is InChI=1S/C8H11AsO3/c1-6-3-4-7(2)8(5-6)9(10,11)12/h3-5H,1-2H3,(H2,10,11,12). The summed E-state index contributed by atoms with van der Waals surface area (Å²) in [6.45, 7) is 3.52. The molecule has 1 aromatic rings. The van der Waals surface area contributed by atoms with Gasteiger partial charge >= 0.3 is 73.6 Å². The summed E-state index contributed by atoms with van der Waals surface area (Å²) in [4.78, 5) is 0. The van der Waals surface area contributed by atoms with Crippen LogP contribution in [0.25, 0.3) is 0 Å². The summed E-state index contributed by atoms with van der Waals surface area (Å²) in [6, 6.07) is 5.12. The second kappa shape index (κ2) is 3.09. The zero-order valence-electron chi connectivity index (χ0n) is 6.98. The Hall–Kier alpha value is -0.502. The van der Waals surface area contributed by atoms with Gasteiger partial charge in [-0.05, 0) is 0 Å². The third-order valence-electron chi connectivity index (χ3n) is 1.68. The first-order chi connectivity index (χ1) is 5.41. The average molecular weight is 230 g/mol. The molecule has 2 N–H and O–H groups in total. The number of rotatable bonds is 1. The van der Waals surface area contributed by atoms with Crippen LogP contribution in [0, 0.1) is 13.8 Å². The van der Waals surface area contributed by atoms with E-state index in [9.17, 15) is 3.74 Å². The topological polar surface area (TPSA) is 57.5 Å². The van der Waals surface area contributed by atoms with Crippen molar-refractivity contribution >= 4 is 18.5 Å². The van der Waals surface area contributed by atoms with Crippen LogP contribution in [0.4, 0.5) is 0 Å². The first kappa shape index (κ1) is 9.59. The molecule has 4 heteroatoms. The van der Waals surface area contributed by atoms with E-state index in [0.29, 0.717) is 5.56 Å². The molecule has 66 valence electrons. The predicted octanol–water partition coefficient (Wildman–Crippen LogP) is -0.136. The number of aryl methyl sites for hydroxylation is 2. The van der Waals surface area contributed by atoms with E-state index in [2.05, 4.69) is 0 Å². The van der Waals surface area contributed by atoms with Crippen LogP contribution in [0.2, 0.25) is 0 Å². The summed E-state index contributed by atoms with van der Waals surface area (Å²) in [5, 5.41) is 0. The fourth-order valence-corrected chi connectivity index (χ4v) is 2.93. The summed E-state index contributed by atoms with van der Waals surface area (Å²) >= 11 is -4.69. The Bertz CT molecular complexity index is 340. The van der Waals surface area contributed by atoms with Gasteiger partial charge in [0.25, 0.3) is 0 Å². The van der Waals surface area contributed by atoms with Crippen LogP contribution in [0.3, 0.4) is 0 Å². The van der Waals surface area contributed by atoms with Gasteiger partial charge in [-0.1, -0.05) is 0 Å². The maximum atomic E-state index is 11.0. The van der Waals surface area contributed by atoms with Crippen molar-refractivity contribution in [1.82, 2.24) is 0 Å². The number of hydrogen-bond donors (Lipinski definition) is 2. The molecule has 0 aliphatic heterocycles. The molecule has 0 heterocycles. The van der Waals surface area contributed by atoms with E-state index in [1.165, 1.54) is 0 Å². The molecule has 0 fully saturated rings. The first-order valence-electron chi connectivity index (χ1n) is 3.54. The summed E-state index contributed by atoms with van der Waals surface area (Å²) in [7, 11) is 0. The molecule has 0 unspecified atom stereocenters. The molecule has 1 rings (SSSR count). The predicted molar refractivity (Wildman–Crippen MR) is 46.4 cm³/mol. The van der Waals surface area contributed by atoms with Gasteiger partial charge in [0.15, 0.2) is 0 Å². The Labute approximate surface area is 74.0 Å². The van der Waals surface area contributed by atoms with E-state index >= 15 is 0 Å². The molecule has 1 aromatic carbocycles. The molecular formula is C8H11AsO3. The van der Waals surface area contributed by atoms with Gasteiger partial charge in [-0.3, -0.25) is 0 Å². The third-order valence-corrected chi connectivity index (χ3v) is 4.01. The minimum absolute atomic E-state index is 0.188. The van der Waals surface area contributed by atoms with E-state index in [1.807, 2.05) is 13.0 Å². The van der Waals surface area contributed by atoms with Crippen molar-refractivity contribution in [1.29, 1.82) is 0 Å². The molecule has 0 bridgehead atoms. The van der Waals surface area contributed by atoms with Crippen molar-refractivity contribution in [2.45, 2.75) is 13.8 Å². The second-order valence-corrected chi connectivity index (χ2v) is 6.13. The zero-order chi connectivity index (χ0) is 9.35. The van der Waals surface area contributed by atoms with Crippen LogP contribution in [0.15, 0.2) is 18.2 Å². The first-order valence-corrected chi connectivity index (χ1v) is 6.93. The molecule has 0 radical (unpaired) electrons. The van der Waals surface area contributed by atoms with Gasteiger partial charge in [0.2, 0.25) is 0 Å². The van der Waals surface area contributed by atoms with Crippen molar-refractivity contribution in [2.75, 3.05) is 0 Å². The summed E-state index contributed by atoms with van der Waals surface area (Å²) < 4.78 is 29.1. The van der Waals surface area contributed by atoms with Crippen molar-refractivity contribution < 1.29 is 11.9 Å². The van der Waals surface area contributed by atoms with E-state index in [4.69, 9.17) is 8.19 Å². The van der Waals surface area contributed by atoms with Crippen molar-refractivity contribution in [3.63, 3.8) is 0 Å². The van der Waals surface area contributed by atoms with E-state index < -0.39 is 14.2 Å². The van der Waals surface area contributed by atoms with Crippen LogP contribution >= 0.6 is 0 Å². The normalized spacial score (nSPS) is 11.7. The Morgan fingerprint density at radius 1 is 1.25 bits per heavy atom. The van der Waals surface area contributed by atoms with Gasteiger partial charge in [-0.25, -0.2) is 0 Å². The van der Waals surface area contributed by atoms with Gasteiger partial charge in [0.1, 0.15) is 0 Å². The Morgan fingerprint density at radius 2 is 1.83 bits per heavy atom. The zero-order valence-corrected chi connectivity index (χ0v) is 8.86. The van der Waals surface area contributed by atoms with Crippen LogP contribution in [-0.2, 0) is 3.74 Å².